The van der Waals surface area contributed by atoms with Crippen molar-refractivity contribution in [3.05, 3.63) is 56.9 Å². The van der Waals surface area contributed by atoms with Gasteiger partial charge < -0.3 is 4.98 Å². The van der Waals surface area contributed by atoms with Gasteiger partial charge in [0.05, 0.1) is 5.39 Å². The summed E-state index contributed by atoms with van der Waals surface area (Å²) in [4.78, 5) is 27.6. The van der Waals surface area contributed by atoms with Gasteiger partial charge in [0, 0.05) is 25.4 Å². The number of aryl methyl sites for hydroxylation is 2. The lowest BCUT2D eigenvalue weighted by Crippen LogP contribution is -2.36. The fraction of sp³-hybridized carbons (Fsp3) is 0.200. The molecular formula is C15H15N3O2. The van der Waals surface area contributed by atoms with E-state index in [1.54, 1.807) is 7.05 Å². The highest BCUT2D eigenvalue weighted by molar-refractivity contribution is 5.95. The second-order valence-corrected chi connectivity index (χ2v) is 4.92. The second-order valence-electron chi connectivity index (χ2n) is 4.92. The Morgan fingerprint density at radius 3 is 2.30 bits per heavy atom. The van der Waals surface area contributed by atoms with Gasteiger partial charge in [-0.2, -0.15) is 0 Å². The highest BCUT2D eigenvalue weighted by Crippen LogP contribution is 2.28. The van der Waals surface area contributed by atoms with Crippen LogP contribution in [0.25, 0.3) is 22.2 Å². The lowest BCUT2D eigenvalue weighted by molar-refractivity contribution is 0.709. The van der Waals surface area contributed by atoms with Crippen LogP contribution in [0.5, 0.6) is 0 Å². The molecule has 102 valence electrons. The van der Waals surface area contributed by atoms with Crippen LogP contribution in [-0.2, 0) is 14.1 Å². The Balaban J connectivity index is 2.56. The number of nitrogens with one attached hydrogen (secondary N) is 1. The fourth-order valence-corrected chi connectivity index (χ4v) is 2.61. The van der Waals surface area contributed by atoms with Gasteiger partial charge in [0.15, 0.2) is 0 Å². The van der Waals surface area contributed by atoms with Gasteiger partial charge in [0.2, 0.25) is 0 Å². The molecule has 0 radical (unpaired) electrons. The molecule has 20 heavy (non-hydrogen) atoms. The highest BCUT2D eigenvalue weighted by Gasteiger charge is 2.18. The SMILES string of the molecule is Cc1[nH]c2c(c1-c1ccccc1)c(=O)n(C)c(=O)n2C. The lowest BCUT2D eigenvalue weighted by Gasteiger charge is -2.05. The maximum Gasteiger partial charge on any atom is 0.332 e. The summed E-state index contributed by atoms with van der Waals surface area (Å²) in [6.07, 6.45) is 0. The molecule has 1 aromatic carbocycles. The van der Waals surface area contributed by atoms with Gasteiger partial charge in [-0.15, -0.1) is 0 Å². The molecule has 0 spiro atoms. The summed E-state index contributed by atoms with van der Waals surface area (Å²) >= 11 is 0. The minimum Gasteiger partial charge on any atom is -0.344 e. The predicted octanol–water partition coefficient (Wildman–Crippen LogP) is 1.54. The van der Waals surface area contributed by atoms with Gasteiger partial charge in [0.1, 0.15) is 5.65 Å². The van der Waals surface area contributed by atoms with Crippen molar-refractivity contribution >= 4 is 11.0 Å². The quantitative estimate of drug-likeness (QED) is 0.728. The van der Waals surface area contributed by atoms with Gasteiger partial charge in [-0.05, 0) is 12.5 Å². The number of fused-ring (bicyclic) bond motifs is 1. The number of hydrogen-bond donors (Lipinski definition) is 1. The summed E-state index contributed by atoms with van der Waals surface area (Å²) in [7, 11) is 3.16. The summed E-state index contributed by atoms with van der Waals surface area (Å²) in [6, 6.07) is 9.71. The minimum absolute atomic E-state index is 0.272. The molecule has 2 aromatic heterocycles. The summed E-state index contributed by atoms with van der Waals surface area (Å²) < 4.78 is 2.61. The van der Waals surface area contributed by atoms with E-state index in [0.717, 1.165) is 21.4 Å². The zero-order chi connectivity index (χ0) is 14.4. The maximum atomic E-state index is 12.4. The van der Waals surface area contributed by atoms with Crippen LogP contribution in [-0.4, -0.2) is 14.1 Å². The molecule has 5 nitrogen and oxygen atoms in total. The van der Waals surface area contributed by atoms with Gasteiger partial charge in [-0.1, -0.05) is 30.3 Å². The summed E-state index contributed by atoms with van der Waals surface area (Å²) in [5, 5.41) is 0.554. The Labute approximate surface area is 115 Å². The molecule has 3 aromatic rings. The first kappa shape index (κ1) is 12.5. The monoisotopic (exact) mass is 269 g/mol. The molecule has 0 saturated heterocycles. The smallest absolute Gasteiger partial charge is 0.332 e. The van der Waals surface area contributed by atoms with Gasteiger partial charge in [0.25, 0.3) is 5.56 Å². The molecule has 3 rings (SSSR count). The van der Waals surface area contributed by atoms with Crippen LogP contribution in [0.3, 0.4) is 0 Å². The van der Waals surface area contributed by atoms with Crippen LogP contribution in [0.15, 0.2) is 39.9 Å². The van der Waals surface area contributed by atoms with E-state index in [4.69, 9.17) is 0 Å². The number of nitrogens with zero attached hydrogens (tertiary/aromatic N) is 2. The summed E-state index contributed by atoms with van der Waals surface area (Å²) in [5.74, 6) is 0. The second kappa shape index (κ2) is 4.23. The van der Waals surface area contributed by atoms with Crippen molar-refractivity contribution in [3.63, 3.8) is 0 Å². The van der Waals surface area contributed by atoms with Crippen LogP contribution in [0.4, 0.5) is 0 Å². The Morgan fingerprint density at radius 2 is 1.65 bits per heavy atom. The molecule has 0 aliphatic heterocycles. The Kier molecular flexibility index (Phi) is 2.64. The zero-order valence-corrected chi connectivity index (χ0v) is 11.6. The Morgan fingerprint density at radius 1 is 1.00 bits per heavy atom. The third-order valence-corrected chi connectivity index (χ3v) is 3.66. The van der Waals surface area contributed by atoms with E-state index in [9.17, 15) is 9.59 Å². The lowest BCUT2D eigenvalue weighted by atomic mass is 10.0. The number of benzene rings is 1. The van der Waals surface area contributed by atoms with Crippen molar-refractivity contribution in [2.75, 3.05) is 0 Å². The van der Waals surface area contributed by atoms with Crippen molar-refractivity contribution < 1.29 is 0 Å². The Hall–Kier alpha value is -2.56. The van der Waals surface area contributed by atoms with Gasteiger partial charge >= 0.3 is 5.69 Å². The molecule has 0 fully saturated rings. The van der Waals surface area contributed by atoms with Crippen LogP contribution in [0.2, 0.25) is 0 Å². The zero-order valence-electron chi connectivity index (χ0n) is 11.6. The van der Waals surface area contributed by atoms with Crippen molar-refractivity contribution in [2.45, 2.75) is 6.92 Å². The minimum atomic E-state index is -0.330. The van der Waals surface area contributed by atoms with E-state index in [0.29, 0.717) is 11.0 Å². The van der Waals surface area contributed by atoms with E-state index >= 15 is 0 Å². The third kappa shape index (κ3) is 1.56. The van der Waals surface area contributed by atoms with E-state index in [1.165, 1.54) is 11.6 Å². The third-order valence-electron chi connectivity index (χ3n) is 3.66. The molecule has 2 heterocycles. The summed E-state index contributed by atoms with van der Waals surface area (Å²) in [5.41, 5.74) is 2.66. The Bertz CT molecular complexity index is 914. The molecule has 0 aliphatic rings. The number of H-pyrrole nitrogens is 1. The largest absolute Gasteiger partial charge is 0.344 e. The number of hydrogen-bond acceptors (Lipinski definition) is 2. The van der Waals surface area contributed by atoms with Gasteiger partial charge in [-0.3, -0.25) is 13.9 Å². The molecule has 0 atom stereocenters. The van der Waals surface area contributed by atoms with E-state index < -0.39 is 0 Å². The number of aromatic nitrogens is 3. The number of rotatable bonds is 1. The first-order valence-corrected chi connectivity index (χ1v) is 6.36. The van der Waals surface area contributed by atoms with Crippen LogP contribution < -0.4 is 11.2 Å². The van der Waals surface area contributed by atoms with Crippen LogP contribution in [0.1, 0.15) is 5.69 Å². The normalized spacial score (nSPS) is 11.2. The fourth-order valence-electron chi connectivity index (χ4n) is 2.61. The predicted molar refractivity (Wildman–Crippen MR) is 79.0 cm³/mol. The molecule has 5 heteroatoms. The van der Waals surface area contributed by atoms with Crippen LogP contribution >= 0.6 is 0 Å². The molecule has 1 N–H and O–H groups in total. The first-order valence-electron chi connectivity index (χ1n) is 6.36. The van der Waals surface area contributed by atoms with E-state index in [2.05, 4.69) is 4.98 Å². The highest BCUT2D eigenvalue weighted by atomic mass is 16.2. The number of aromatic amines is 1. The first-order chi connectivity index (χ1) is 9.52. The topological polar surface area (TPSA) is 59.8 Å². The maximum absolute atomic E-state index is 12.4. The average Bonchev–Trinajstić information content (AvgIpc) is 2.81. The molecule has 0 aliphatic carbocycles. The summed E-state index contributed by atoms with van der Waals surface area (Å²) in [6.45, 7) is 1.91. The molecular weight excluding hydrogens is 254 g/mol. The van der Waals surface area contributed by atoms with Crippen molar-refractivity contribution in [3.8, 4) is 11.1 Å². The van der Waals surface area contributed by atoms with Crippen LogP contribution in [0, 0.1) is 6.92 Å². The molecule has 0 unspecified atom stereocenters. The van der Waals surface area contributed by atoms with Crippen molar-refractivity contribution in [1.29, 1.82) is 0 Å². The van der Waals surface area contributed by atoms with E-state index in [-0.39, 0.29) is 11.2 Å². The molecule has 0 saturated carbocycles. The van der Waals surface area contributed by atoms with Gasteiger partial charge in [-0.25, -0.2) is 4.79 Å². The van der Waals surface area contributed by atoms with E-state index in [1.807, 2.05) is 37.3 Å². The van der Waals surface area contributed by atoms with Crippen molar-refractivity contribution in [2.24, 2.45) is 14.1 Å². The molecule has 0 amide bonds. The average molecular weight is 269 g/mol. The molecule has 0 bridgehead atoms. The standard InChI is InChI=1S/C15H15N3O2/c1-9-11(10-7-5-4-6-8-10)12-13(16-9)17(2)15(20)18(3)14(12)19/h4-8,16H,1-3H3. The van der Waals surface area contributed by atoms with Crippen molar-refractivity contribution in [1.82, 2.24) is 14.1 Å².